The molecule has 1 aliphatic carbocycles. The standard InChI is InChI=1S/C14H25NO/c1-3-5-6-12-7-9-13(10-8-12)11-15-14(16)4-2/h7,13H,3-6,8-11H2,1-2H3,(H,15,16). The van der Waals surface area contributed by atoms with Gasteiger partial charge in [0.25, 0.3) is 0 Å². The van der Waals surface area contributed by atoms with Gasteiger partial charge in [-0.05, 0) is 38.0 Å². The third kappa shape index (κ3) is 4.82. The van der Waals surface area contributed by atoms with Crippen LogP contribution in [0.1, 0.15) is 58.8 Å². The van der Waals surface area contributed by atoms with Crippen LogP contribution in [0.5, 0.6) is 0 Å². The molecule has 1 unspecified atom stereocenters. The lowest BCUT2D eigenvalue weighted by molar-refractivity contribution is -0.120. The van der Waals surface area contributed by atoms with Gasteiger partial charge >= 0.3 is 0 Å². The van der Waals surface area contributed by atoms with Gasteiger partial charge in [0.15, 0.2) is 0 Å². The van der Waals surface area contributed by atoms with E-state index in [9.17, 15) is 4.79 Å². The van der Waals surface area contributed by atoms with Gasteiger partial charge in [0, 0.05) is 13.0 Å². The summed E-state index contributed by atoms with van der Waals surface area (Å²) in [7, 11) is 0. The zero-order chi connectivity index (χ0) is 11.8. The molecule has 0 heterocycles. The molecule has 0 spiro atoms. The van der Waals surface area contributed by atoms with E-state index in [2.05, 4.69) is 18.3 Å². The van der Waals surface area contributed by atoms with Crippen LogP contribution in [-0.4, -0.2) is 12.5 Å². The van der Waals surface area contributed by atoms with E-state index in [1.807, 2.05) is 6.92 Å². The molecule has 1 atom stereocenters. The van der Waals surface area contributed by atoms with Crippen LogP contribution in [0.2, 0.25) is 0 Å². The summed E-state index contributed by atoms with van der Waals surface area (Å²) < 4.78 is 0. The SMILES string of the molecule is CCCCC1=CCC(CNC(=O)CC)CC1. The number of amides is 1. The molecule has 0 bridgehead atoms. The highest BCUT2D eigenvalue weighted by atomic mass is 16.1. The number of rotatable bonds is 6. The van der Waals surface area contributed by atoms with Crippen LogP contribution in [-0.2, 0) is 4.79 Å². The van der Waals surface area contributed by atoms with Gasteiger partial charge in [-0.15, -0.1) is 0 Å². The summed E-state index contributed by atoms with van der Waals surface area (Å²) in [6, 6.07) is 0. The van der Waals surface area contributed by atoms with Gasteiger partial charge in [0.2, 0.25) is 5.91 Å². The highest BCUT2D eigenvalue weighted by molar-refractivity contribution is 5.75. The summed E-state index contributed by atoms with van der Waals surface area (Å²) in [5, 5.41) is 2.99. The van der Waals surface area contributed by atoms with Gasteiger partial charge in [0.05, 0.1) is 0 Å². The smallest absolute Gasteiger partial charge is 0.219 e. The molecule has 0 aromatic carbocycles. The molecular formula is C14H25NO. The first-order valence-corrected chi connectivity index (χ1v) is 6.70. The molecule has 1 N–H and O–H groups in total. The Balaban J connectivity index is 2.20. The monoisotopic (exact) mass is 223 g/mol. The van der Waals surface area contributed by atoms with Crippen LogP contribution in [0, 0.1) is 5.92 Å². The lowest BCUT2D eigenvalue weighted by Gasteiger charge is -2.22. The van der Waals surface area contributed by atoms with Crippen molar-refractivity contribution in [1.82, 2.24) is 5.32 Å². The fourth-order valence-corrected chi connectivity index (χ4v) is 2.14. The summed E-state index contributed by atoms with van der Waals surface area (Å²) in [6.45, 7) is 5.01. The number of hydrogen-bond acceptors (Lipinski definition) is 1. The number of unbranched alkanes of at least 4 members (excludes halogenated alkanes) is 1. The highest BCUT2D eigenvalue weighted by Gasteiger charge is 2.14. The minimum atomic E-state index is 0.181. The van der Waals surface area contributed by atoms with Crippen molar-refractivity contribution >= 4 is 5.91 Å². The molecule has 2 nitrogen and oxygen atoms in total. The highest BCUT2D eigenvalue weighted by Crippen LogP contribution is 2.26. The number of carbonyl (C=O) groups excluding carboxylic acids is 1. The summed E-state index contributed by atoms with van der Waals surface area (Å²) >= 11 is 0. The van der Waals surface area contributed by atoms with Crippen LogP contribution < -0.4 is 5.32 Å². The van der Waals surface area contributed by atoms with E-state index in [0.717, 1.165) is 13.0 Å². The Morgan fingerprint density at radius 2 is 2.31 bits per heavy atom. The van der Waals surface area contributed by atoms with Crippen molar-refractivity contribution in [3.8, 4) is 0 Å². The second-order valence-corrected chi connectivity index (χ2v) is 4.76. The Morgan fingerprint density at radius 1 is 1.50 bits per heavy atom. The third-order valence-electron chi connectivity index (χ3n) is 3.37. The fraction of sp³-hybridized carbons (Fsp3) is 0.786. The Morgan fingerprint density at radius 3 is 2.88 bits per heavy atom. The van der Waals surface area contributed by atoms with E-state index in [1.165, 1.54) is 32.1 Å². The predicted octanol–water partition coefficient (Wildman–Crippen LogP) is 3.43. The molecular weight excluding hydrogens is 198 g/mol. The Bertz CT molecular complexity index is 245. The molecule has 1 rings (SSSR count). The molecule has 1 aliphatic rings. The zero-order valence-corrected chi connectivity index (χ0v) is 10.7. The predicted molar refractivity (Wildman–Crippen MR) is 68.2 cm³/mol. The van der Waals surface area contributed by atoms with E-state index in [4.69, 9.17) is 0 Å². The second-order valence-electron chi connectivity index (χ2n) is 4.76. The van der Waals surface area contributed by atoms with E-state index in [1.54, 1.807) is 5.57 Å². The Kier molecular flexibility index (Phi) is 6.20. The summed E-state index contributed by atoms with van der Waals surface area (Å²) in [5.41, 5.74) is 1.64. The molecule has 0 saturated heterocycles. The minimum Gasteiger partial charge on any atom is -0.356 e. The quantitative estimate of drug-likeness (QED) is 0.687. The van der Waals surface area contributed by atoms with Gasteiger partial charge in [-0.1, -0.05) is 31.9 Å². The van der Waals surface area contributed by atoms with Crippen LogP contribution in [0.25, 0.3) is 0 Å². The lowest BCUT2D eigenvalue weighted by Crippen LogP contribution is -2.29. The van der Waals surface area contributed by atoms with Crippen LogP contribution >= 0.6 is 0 Å². The molecule has 92 valence electrons. The van der Waals surface area contributed by atoms with Crippen molar-refractivity contribution in [2.24, 2.45) is 5.92 Å². The molecule has 0 aromatic heterocycles. The average Bonchev–Trinajstić information content (AvgIpc) is 2.34. The van der Waals surface area contributed by atoms with Crippen molar-refractivity contribution < 1.29 is 4.79 Å². The number of hydrogen-bond donors (Lipinski definition) is 1. The number of nitrogens with one attached hydrogen (secondary N) is 1. The molecule has 16 heavy (non-hydrogen) atoms. The fourth-order valence-electron chi connectivity index (χ4n) is 2.14. The van der Waals surface area contributed by atoms with Crippen molar-refractivity contribution in [1.29, 1.82) is 0 Å². The van der Waals surface area contributed by atoms with Gasteiger partial charge in [-0.2, -0.15) is 0 Å². The molecule has 1 amide bonds. The van der Waals surface area contributed by atoms with Crippen LogP contribution in [0.15, 0.2) is 11.6 Å². The first-order valence-electron chi connectivity index (χ1n) is 6.70. The second kappa shape index (κ2) is 7.48. The molecule has 0 aromatic rings. The van der Waals surface area contributed by atoms with E-state index in [0.29, 0.717) is 12.3 Å². The molecule has 0 fully saturated rings. The number of allylic oxidation sites excluding steroid dienone is 2. The molecule has 0 saturated carbocycles. The van der Waals surface area contributed by atoms with Crippen molar-refractivity contribution in [3.63, 3.8) is 0 Å². The van der Waals surface area contributed by atoms with Gasteiger partial charge in [0.1, 0.15) is 0 Å². The van der Waals surface area contributed by atoms with E-state index >= 15 is 0 Å². The largest absolute Gasteiger partial charge is 0.356 e. The zero-order valence-electron chi connectivity index (χ0n) is 10.7. The van der Waals surface area contributed by atoms with Gasteiger partial charge in [-0.3, -0.25) is 4.79 Å². The summed E-state index contributed by atoms with van der Waals surface area (Å²) in [6.07, 6.45) is 10.5. The van der Waals surface area contributed by atoms with Gasteiger partial charge < -0.3 is 5.32 Å². The average molecular weight is 223 g/mol. The van der Waals surface area contributed by atoms with Crippen molar-refractivity contribution in [3.05, 3.63) is 11.6 Å². The Hall–Kier alpha value is -0.790. The first-order chi connectivity index (χ1) is 7.76. The summed E-state index contributed by atoms with van der Waals surface area (Å²) in [4.78, 5) is 11.1. The topological polar surface area (TPSA) is 29.1 Å². The maximum atomic E-state index is 11.1. The summed E-state index contributed by atoms with van der Waals surface area (Å²) in [5.74, 6) is 0.849. The molecule has 0 aliphatic heterocycles. The van der Waals surface area contributed by atoms with Crippen LogP contribution in [0.4, 0.5) is 0 Å². The maximum absolute atomic E-state index is 11.1. The minimum absolute atomic E-state index is 0.181. The number of carbonyl (C=O) groups is 1. The Labute approximate surface area is 99.5 Å². The third-order valence-corrected chi connectivity index (χ3v) is 3.37. The maximum Gasteiger partial charge on any atom is 0.219 e. The molecule has 0 radical (unpaired) electrons. The van der Waals surface area contributed by atoms with Crippen LogP contribution in [0.3, 0.4) is 0 Å². The van der Waals surface area contributed by atoms with Gasteiger partial charge in [-0.25, -0.2) is 0 Å². The van der Waals surface area contributed by atoms with Crippen molar-refractivity contribution in [2.45, 2.75) is 58.8 Å². The lowest BCUT2D eigenvalue weighted by atomic mass is 9.87. The first kappa shape index (κ1) is 13.3. The van der Waals surface area contributed by atoms with Crippen molar-refractivity contribution in [2.75, 3.05) is 6.54 Å². The van der Waals surface area contributed by atoms with E-state index in [-0.39, 0.29) is 5.91 Å². The molecule has 2 heteroatoms. The normalized spacial score (nSPS) is 20.4. The van der Waals surface area contributed by atoms with E-state index < -0.39 is 0 Å².